The van der Waals surface area contributed by atoms with Gasteiger partial charge in [0.1, 0.15) is 17.3 Å². The molecular weight excluding hydrogens is 655 g/mol. The normalized spacial score (nSPS) is 13.3. The van der Waals surface area contributed by atoms with E-state index in [2.05, 4.69) is 32.4 Å². The molecule has 3 rings (SSSR count). The predicted octanol–water partition coefficient (Wildman–Crippen LogP) is 7.40. The number of unbranched alkanes of at least 4 members (excludes halogenated alkanes) is 1. The van der Waals surface area contributed by atoms with Gasteiger partial charge in [0.25, 0.3) is 0 Å². The van der Waals surface area contributed by atoms with E-state index in [1.807, 2.05) is 26.0 Å². The van der Waals surface area contributed by atoms with Crippen LogP contribution in [0.15, 0.2) is 82.6 Å². The van der Waals surface area contributed by atoms with E-state index in [1.54, 1.807) is 62.4 Å². The Bertz CT molecular complexity index is 1700. The van der Waals surface area contributed by atoms with Crippen molar-refractivity contribution in [2.24, 2.45) is 10.8 Å². The first kappa shape index (κ1) is 39.8. The fraction of sp³-hybridized carbons (Fsp3) is 0.462. The molecule has 0 bridgehead atoms. The third kappa shape index (κ3) is 11.2. The number of ether oxygens (including phenoxy) is 1. The number of hydrogen-bond donors (Lipinski definition) is 1. The van der Waals surface area contributed by atoms with Crippen LogP contribution in [0.2, 0.25) is 0 Å². The SMILES string of the molecule is CCCC[N+](C)(C)CCCNC(=O)C(C)(CSCC(=O)Cc1ccc(Oc2ccc(S(=O)(=O)c3ccc(C)cc3)cc2)cc1)C(C)(C)C#N. The van der Waals surface area contributed by atoms with E-state index in [9.17, 15) is 23.3 Å². The quantitative estimate of drug-likeness (QED) is 0.102. The average Bonchev–Trinajstić information content (AvgIpc) is 3.06. The van der Waals surface area contributed by atoms with Gasteiger partial charge in [0.15, 0.2) is 0 Å². The number of nitrogens with one attached hydrogen (secondary N) is 1. The summed E-state index contributed by atoms with van der Waals surface area (Å²) in [6, 6.07) is 22.5. The molecule has 0 saturated carbocycles. The lowest BCUT2D eigenvalue weighted by atomic mass is 9.68. The number of carbonyl (C=O) groups excluding carboxylic acids is 2. The van der Waals surface area contributed by atoms with Gasteiger partial charge in [-0.25, -0.2) is 8.42 Å². The van der Waals surface area contributed by atoms with Gasteiger partial charge in [-0.05, 0) is 88.2 Å². The van der Waals surface area contributed by atoms with Gasteiger partial charge < -0.3 is 14.5 Å². The molecular formula is C39H52N3O5S2+. The number of ketones is 1. The maximum atomic E-state index is 13.4. The molecule has 49 heavy (non-hydrogen) atoms. The highest BCUT2D eigenvalue weighted by Gasteiger charge is 2.47. The molecule has 1 unspecified atom stereocenters. The molecule has 0 fully saturated rings. The van der Waals surface area contributed by atoms with Crippen molar-refractivity contribution in [3.8, 4) is 17.6 Å². The van der Waals surface area contributed by atoms with Gasteiger partial charge in [-0.2, -0.15) is 17.0 Å². The summed E-state index contributed by atoms with van der Waals surface area (Å²) in [4.78, 5) is 26.8. The smallest absolute Gasteiger partial charge is 0.228 e. The number of aryl methyl sites for hydroxylation is 1. The molecule has 0 heterocycles. The molecule has 0 radical (unpaired) electrons. The second-order valence-corrected chi connectivity index (χ2v) is 17.1. The number of benzene rings is 3. The summed E-state index contributed by atoms with van der Waals surface area (Å²) in [5, 5.41) is 13.0. The van der Waals surface area contributed by atoms with Crippen molar-refractivity contribution >= 4 is 33.3 Å². The molecule has 1 atom stereocenters. The maximum Gasteiger partial charge on any atom is 0.228 e. The van der Waals surface area contributed by atoms with Crippen molar-refractivity contribution in [3.63, 3.8) is 0 Å². The Labute approximate surface area is 297 Å². The van der Waals surface area contributed by atoms with Crippen LogP contribution in [0.3, 0.4) is 0 Å². The fourth-order valence-electron chi connectivity index (χ4n) is 5.25. The van der Waals surface area contributed by atoms with Gasteiger partial charge in [-0.3, -0.25) is 9.59 Å². The minimum Gasteiger partial charge on any atom is -0.457 e. The van der Waals surface area contributed by atoms with E-state index in [0.29, 0.717) is 23.8 Å². The molecule has 3 aromatic rings. The first-order valence-electron chi connectivity index (χ1n) is 16.8. The van der Waals surface area contributed by atoms with Crippen molar-refractivity contribution < 1.29 is 27.2 Å². The van der Waals surface area contributed by atoms with Crippen LogP contribution in [-0.4, -0.2) is 69.8 Å². The highest BCUT2D eigenvalue weighted by molar-refractivity contribution is 8.00. The maximum absolute atomic E-state index is 13.4. The Kier molecular flexibility index (Phi) is 14.1. The number of amides is 1. The van der Waals surface area contributed by atoms with Gasteiger partial charge in [0.2, 0.25) is 15.7 Å². The Morgan fingerprint density at radius 2 is 1.41 bits per heavy atom. The highest BCUT2D eigenvalue weighted by Crippen LogP contribution is 2.41. The largest absolute Gasteiger partial charge is 0.457 e. The third-order valence-corrected chi connectivity index (χ3v) is 12.3. The Morgan fingerprint density at radius 1 is 0.878 bits per heavy atom. The summed E-state index contributed by atoms with van der Waals surface area (Å²) < 4.78 is 32.7. The standard InChI is InChI=1S/C39H51N3O5S2/c1-8-9-24-42(6,7)25-10-23-41-37(44)39(5,38(3,4)28-40)29-48-27-32(43)26-31-13-15-33(16-14-31)47-34-17-21-36(22-18-34)49(45,46)35-19-11-30(2)12-20-35/h11-22H,8-10,23-27,29H2,1-7H3/p+1. The number of thioether (sulfide) groups is 1. The molecule has 264 valence electrons. The molecule has 0 aliphatic carbocycles. The molecule has 0 aromatic heterocycles. The minimum atomic E-state index is -3.63. The average molecular weight is 707 g/mol. The number of nitriles is 1. The first-order valence-corrected chi connectivity index (χ1v) is 19.5. The van der Waals surface area contributed by atoms with Gasteiger partial charge in [0.05, 0.1) is 59.6 Å². The van der Waals surface area contributed by atoms with Crippen LogP contribution in [0.25, 0.3) is 0 Å². The van der Waals surface area contributed by atoms with Crippen LogP contribution in [-0.2, 0) is 25.8 Å². The number of sulfone groups is 1. The molecule has 10 heteroatoms. The summed E-state index contributed by atoms with van der Waals surface area (Å²) in [5.74, 6) is 1.49. The van der Waals surface area contributed by atoms with Crippen LogP contribution in [0, 0.1) is 29.1 Å². The third-order valence-electron chi connectivity index (χ3n) is 9.18. The number of rotatable bonds is 19. The number of Topliss-reactive ketones (excluding diaryl/α,β-unsaturated/α-hetero) is 1. The molecule has 0 aliphatic rings. The van der Waals surface area contributed by atoms with Gasteiger partial charge >= 0.3 is 0 Å². The summed E-state index contributed by atoms with van der Waals surface area (Å²) in [5.41, 5.74) is -0.0773. The van der Waals surface area contributed by atoms with Crippen molar-refractivity contribution in [3.05, 3.63) is 83.9 Å². The summed E-state index contributed by atoms with van der Waals surface area (Å²) in [7, 11) is 0.792. The second kappa shape index (κ2) is 17.3. The van der Waals surface area contributed by atoms with Crippen LogP contribution in [0.1, 0.15) is 58.1 Å². The van der Waals surface area contributed by atoms with Crippen molar-refractivity contribution in [2.75, 3.05) is 45.2 Å². The lowest BCUT2D eigenvalue weighted by Crippen LogP contribution is -2.50. The van der Waals surface area contributed by atoms with E-state index >= 15 is 0 Å². The van der Waals surface area contributed by atoms with Crippen molar-refractivity contribution in [1.82, 2.24) is 5.32 Å². The van der Waals surface area contributed by atoms with Crippen molar-refractivity contribution in [2.45, 2.75) is 70.1 Å². The Hall–Kier alpha value is -3.65. The number of quaternary nitrogens is 1. The van der Waals surface area contributed by atoms with E-state index in [-0.39, 0.29) is 33.7 Å². The lowest BCUT2D eigenvalue weighted by molar-refractivity contribution is -0.890. The Morgan fingerprint density at radius 3 is 1.96 bits per heavy atom. The summed E-state index contributed by atoms with van der Waals surface area (Å²) >= 11 is 1.39. The summed E-state index contributed by atoms with van der Waals surface area (Å²) in [6.07, 6.45) is 3.42. The zero-order valence-electron chi connectivity index (χ0n) is 30.0. The van der Waals surface area contributed by atoms with Crippen LogP contribution >= 0.6 is 11.8 Å². The highest BCUT2D eigenvalue weighted by atomic mass is 32.2. The zero-order valence-corrected chi connectivity index (χ0v) is 31.7. The van der Waals surface area contributed by atoms with E-state index < -0.39 is 20.7 Å². The van der Waals surface area contributed by atoms with Gasteiger partial charge in [-0.1, -0.05) is 43.2 Å². The van der Waals surface area contributed by atoms with Gasteiger partial charge in [-0.15, -0.1) is 0 Å². The number of nitrogens with zero attached hydrogens (tertiary/aromatic N) is 2. The van der Waals surface area contributed by atoms with Crippen LogP contribution < -0.4 is 10.1 Å². The topological polar surface area (TPSA) is 113 Å². The first-order chi connectivity index (χ1) is 23.0. The number of hydrogen-bond acceptors (Lipinski definition) is 7. The minimum absolute atomic E-state index is 0.0219. The van der Waals surface area contributed by atoms with E-state index in [0.717, 1.165) is 41.5 Å². The van der Waals surface area contributed by atoms with E-state index in [4.69, 9.17) is 4.74 Å². The monoisotopic (exact) mass is 706 g/mol. The number of carbonyl (C=O) groups is 2. The fourth-order valence-corrected chi connectivity index (χ4v) is 7.85. The van der Waals surface area contributed by atoms with Gasteiger partial charge in [0, 0.05) is 25.1 Å². The zero-order chi connectivity index (χ0) is 36.3. The molecule has 1 N–H and O–H groups in total. The molecule has 8 nitrogen and oxygen atoms in total. The van der Waals surface area contributed by atoms with Crippen molar-refractivity contribution in [1.29, 1.82) is 5.26 Å². The molecule has 3 aromatic carbocycles. The molecule has 0 aliphatic heterocycles. The van der Waals surface area contributed by atoms with Crippen LogP contribution in [0.4, 0.5) is 0 Å². The van der Waals surface area contributed by atoms with Crippen LogP contribution in [0.5, 0.6) is 11.5 Å². The lowest BCUT2D eigenvalue weighted by Gasteiger charge is -2.38. The molecule has 1 amide bonds. The summed E-state index contributed by atoms with van der Waals surface area (Å²) in [6.45, 7) is 12.1. The molecule has 0 spiro atoms. The predicted molar refractivity (Wildman–Crippen MR) is 198 cm³/mol. The molecule has 0 saturated heterocycles. The second-order valence-electron chi connectivity index (χ2n) is 14.2. The van der Waals surface area contributed by atoms with E-state index in [1.165, 1.54) is 30.3 Å². The Balaban J connectivity index is 1.51.